The summed E-state index contributed by atoms with van der Waals surface area (Å²) in [4.78, 5) is 15.8. The van der Waals surface area contributed by atoms with Gasteiger partial charge in [-0.3, -0.25) is 4.90 Å². The van der Waals surface area contributed by atoms with E-state index in [0.717, 1.165) is 51.4 Å². The van der Waals surface area contributed by atoms with Crippen molar-refractivity contribution in [2.45, 2.75) is 24.6 Å². The second-order valence-corrected chi connectivity index (χ2v) is 8.47. The maximum Gasteiger partial charge on any atom is 0.138 e. The van der Waals surface area contributed by atoms with Crippen LogP contribution in [0.4, 0.5) is 0 Å². The third-order valence-electron chi connectivity index (χ3n) is 4.42. The van der Waals surface area contributed by atoms with Crippen molar-refractivity contribution in [2.75, 3.05) is 79.0 Å². The van der Waals surface area contributed by atoms with E-state index in [9.17, 15) is 4.79 Å². The molecule has 1 rings (SSSR count). The van der Waals surface area contributed by atoms with Gasteiger partial charge in [-0.2, -0.15) is 11.8 Å². The number of rotatable bonds is 13. The Balaban J connectivity index is 1.92. The minimum atomic E-state index is -0.139. The number of aldehydes is 1. The average molecular weight is 362 g/mol. The summed E-state index contributed by atoms with van der Waals surface area (Å²) in [6, 6.07) is -0.139. The summed E-state index contributed by atoms with van der Waals surface area (Å²) in [5.41, 5.74) is 0. The van der Waals surface area contributed by atoms with Crippen molar-refractivity contribution < 1.29 is 14.3 Å². The molecule has 0 aliphatic carbocycles. The number of piperazine rings is 1. The van der Waals surface area contributed by atoms with Crippen LogP contribution in [0, 0.1) is 0 Å². The zero-order chi connectivity index (χ0) is 17.8. The Hall–Kier alpha value is -0.180. The number of carbonyl (C=O) groups excluding carboxylic acids is 1. The number of hydrogen-bond donors (Lipinski definition) is 1. The van der Waals surface area contributed by atoms with E-state index in [1.807, 2.05) is 7.05 Å². The fraction of sp³-hybridized carbons (Fsp3) is 0.941. The van der Waals surface area contributed by atoms with E-state index >= 15 is 0 Å². The highest BCUT2D eigenvalue weighted by Crippen LogP contribution is 2.27. The van der Waals surface area contributed by atoms with Gasteiger partial charge in [-0.05, 0) is 27.9 Å². The number of ether oxygens (including phenoxy) is 2. The molecule has 7 heteroatoms. The minimum absolute atomic E-state index is 0.126. The van der Waals surface area contributed by atoms with E-state index in [2.05, 4.69) is 36.0 Å². The zero-order valence-corrected chi connectivity index (χ0v) is 16.6. The first-order chi connectivity index (χ1) is 11.5. The molecule has 1 atom stereocenters. The monoisotopic (exact) mass is 361 g/mol. The van der Waals surface area contributed by atoms with E-state index in [-0.39, 0.29) is 10.8 Å². The molecule has 1 N–H and O–H groups in total. The molecule has 0 amide bonds. The largest absolute Gasteiger partial charge is 0.378 e. The van der Waals surface area contributed by atoms with Crippen LogP contribution in [-0.4, -0.2) is 106 Å². The lowest BCUT2D eigenvalue weighted by Gasteiger charge is -2.32. The molecule has 142 valence electrons. The number of hydrogen-bond acceptors (Lipinski definition) is 7. The molecule has 6 nitrogen and oxygen atoms in total. The highest BCUT2D eigenvalue weighted by Gasteiger charge is 2.28. The SMILES string of the molecule is CN[C@H](C=O)C(C)(C)SCCOCCOCCN1CCN(C)CC1. The lowest BCUT2D eigenvalue weighted by molar-refractivity contribution is -0.109. The van der Waals surface area contributed by atoms with Crippen LogP contribution in [0.3, 0.4) is 0 Å². The molecule has 0 aromatic carbocycles. The predicted molar refractivity (Wildman–Crippen MR) is 101 cm³/mol. The smallest absolute Gasteiger partial charge is 0.138 e. The Morgan fingerprint density at radius 2 is 1.75 bits per heavy atom. The van der Waals surface area contributed by atoms with Crippen LogP contribution in [0.1, 0.15) is 13.8 Å². The standard InChI is InChI=1S/C17H35N3O3S/c1-17(2,16(15-21)18-3)24-14-13-23-12-11-22-10-9-20-7-5-19(4)6-8-20/h15-16,18H,5-14H2,1-4H3/t16-/m1/s1. The number of nitrogens with one attached hydrogen (secondary N) is 1. The van der Waals surface area contributed by atoms with Crippen LogP contribution in [0.15, 0.2) is 0 Å². The first-order valence-electron chi connectivity index (χ1n) is 8.82. The molecule has 0 radical (unpaired) electrons. The zero-order valence-electron chi connectivity index (χ0n) is 15.8. The molecule has 0 bridgehead atoms. The molecule has 1 heterocycles. The van der Waals surface area contributed by atoms with Gasteiger partial charge in [0, 0.05) is 43.2 Å². The Morgan fingerprint density at radius 1 is 1.12 bits per heavy atom. The molecule has 0 saturated carbocycles. The van der Waals surface area contributed by atoms with E-state index in [4.69, 9.17) is 9.47 Å². The molecular formula is C17H35N3O3S. The quantitative estimate of drug-likeness (QED) is 0.380. The van der Waals surface area contributed by atoms with Crippen molar-refractivity contribution in [2.24, 2.45) is 0 Å². The Bertz CT molecular complexity index is 337. The van der Waals surface area contributed by atoms with Gasteiger partial charge >= 0.3 is 0 Å². The highest BCUT2D eigenvalue weighted by atomic mass is 32.2. The van der Waals surface area contributed by atoms with Crippen molar-refractivity contribution in [3.05, 3.63) is 0 Å². The fourth-order valence-electron chi connectivity index (χ4n) is 2.62. The van der Waals surface area contributed by atoms with Gasteiger partial charge in [0.25, 0.3) is 0 Å². The average Bonchev–Trinajstić information content (AvgIpc) is 2.55. The second-order valence-electron chi connectivity index (χ2n) is 6.72. The molecule has 0 spiro atoms. The normalized spacial score (nSPS) is 18.7. The van der Waals surface area contributed by atoms with Gasteiger partial charge < -0.3 is 24.5 Å². The van der Waals surface area contributed by atoms with Crippen LogP contribution in [-0.2, 0) is 14.3 Å². The molecule has 0 aromatic rings. The van der Waals surface area contributed by atoms with Gasteiger partial charge in [0.2, 0.25) is 0 Å². The Morgan fingerprint density at radius 3 is 2.33 bits per heavy atom. The highest BCUT2D eigenvalue weighted by molar-refractivity contribution is 8.00. The molecule has 1 saturated heterocycles. The number of thioether (sulfide) groups is 1. The van der Waals surface area contributed by atoms with Crippen molar-refractivity contribution in [1.82, 2.24) is 15.1 Å². The molecule has 1 aliphatic heterocycles. The lowest BCUT2D eigenvalue weighted by Crippen LogP contribution is -2.45. The Labute approximate surface area is 151 Å². The molecule has 0 aromatic heterocycles. The van der Waals surface area contributed by atoms with Gasteiger partial charge in [0.1, 0.15) is 6.29 Å². The van der Waals surface area contributed by atoms with E-state index in [0.29, 0.717) is 19.8 Å². The summed E-state index contributed by atoms with van der Waals surface area (Å²) in [7, 11) is 3.99. The van der Waals surface area contributed by atoms with Gasteiger partial charge in [-0.1, -0.05) is 0 Å². The van der Waals surface area contributed by atoms with Crippen LogP contribution in [0.2, 0.25) is 0 Å². The van der Waals surface area contributed by atoms with Gasteiger partial charge in [0.15, 0.2) is 0 Å². The van der Waals surface area contributed by atoms with E-state index in [1.54, 1.807) is 11.8 Å². The third-order valence-corrected chi connectivity index (χ3v) is 5.79. The number of carbonyl (C=O) groups is 1. The van der Waals surface area contributed by atoms with Crippen molar-refractivity contribution in [3.8, 4) is 0 Å². The van der Waals surface area contributed by atoms with Gasteiger partial charge in [0.05, 0.1) is 32.5 Å². The molecule has 1 fully saturated rings. The molecule has 1 aliphatic rings. The van der Waals surface area contributed by atoms with Crippen LogP contribution in [0.5, 0.6) is 0 Å². The lowest BCUT2D eigenvalue weighted by atomic mass is 10.1. The van der Waals surface area contributed by atoms with Crippen molar-refractivity contribution in [3.63, 3.8) is 0 Å². The maximum atomic E-state index is 11.0. The maximum absolute atomic E-state index is 11.0. The summed E-state index contributed by atoms with van der Waals surface area (Å²) in [6.07, 6.45) is 0.974. The second kappa shape index (κ2) is 12.2. The van der Waals surface area contributed by atoms with Crippen molar-refractivity contribution >= 4 is 18.0 Å². The molecule has 0 unspecified atom stereocenters. The molecular weight excluding hydrogens is 326 g/mol. The predicted octanol–water partition coefficient (Wildman–Crippen LogP) is 0.566. The van der Waals surface area contributed by atoms with Crippen LogP contribution < -0.4 is 5.32 Å². The van der Waals surface area contributed by atoms with E-state index in [1.165, 1.54) is 0 Å². The summed E-state index contributed by atoms with van der Waals surface area (Å²) < 4.78 is 11.1. The number of likely N-dealkylation sites (N-methyl/N-ethyl adjacent to an activating group) is 2. The number of nitrogens with zero attached hydrogens (tertiary/aromatic N) is 2. The van der Waals surface area contributed by atoms with Crippen LogP contribution in [0.25, 0.3) is 0 Å². The molecule has 24 heavy (non-hydrogen) atoms. The van der Waals surface area contributed by atoms with Crippen LogP contribution >= 0.6 is 11.8 Å². The summed E-state index contributed by atoms with van der Waals surface area (Å²) in [5, 5.41) is 3.04. The van der Waals surface area contributed by atoms with Crippen molar-refractivity contribution in [1.29, 1.82) is 0 Å². The first-order valence-corrected chi connectivity index (χ1v) is 9.81. The third kappa shape index (κ3) is 8.78. The van der Waals surface area contributed by atoms with Gasteiger partial charge in [-0.25, -0.2) is 0 Å². The summed E-state index contributed by atoms with van der Waals surface area (Å²) in [6.45, 7) is 12.5. The first kappa shape index (κ1) is 21.9. The topological polar surface area (TPSA) is 54.0 Å². The van der Waals surface area contributed by atoms with E-state index < -0.39 is 0 Å². The Kier molecular flexibility index (Phi) is 11.1. The minimum Gasteiger partial charge on any atom is -0.378 e. The van der Waals surface area contributed by atoms with Gasteiger partial charge in [-0.15, -0.1) is 0 Å². The summed E-state index contributed by atoms with van der Waals surface area (Å²) in [5.74, 6) is 0.875. The fourth-order valence-corrected chi connectivity index (χ4v) is 3.70. The summed E-state index contributed by atoms with van der Waals surface area (Å²) >= 11 is 1.75.